The van der Waals surface area contributed by atoms with Gasteiger partial charge in [0.1, 0.15) is 5.56 Å². The number of carboxylic acid groups (broad SMARTS) is 2. The normalized spacial score (nSPS) is 14.3. The van der Waals surface area contributed by atoms with Crippen molar-refractivity contribution in [1.29, 1.82) is 0 Å². The van der Waals surface area contributed by atoms with Crippen LogP contribution in [0.4, 0.5) is 0 Å². The molecule has 0 aliphatic heterocycles. The van der Waals surface area contributed by atoms with Crippen molar-refractivity contribution in [3.8, 4) is 0 Å². The van der Waals surface area contributed by atoms with Gasteiger partial charge in [-0.15, -0.1) is 0 Å². The number of rotatable bonds is 4. The van der Waals surface area contributed by atoms with Gasteiger partial charge in [0.15, 0.2) is 0 Å². The van der Waals surface area contributed by atoms with E-state index in [1.807, 2.05) is 4.57 Å². The molecule has 3 rings (SSSR count). The molecule has 0 bridgehead atoms. The SMILES string of the molecule is O=C(O)Cc1ccc2c(c1)c(=O)c(C(=O)O)cn2C1CC1. The molecule has 0 atom stereocenters. The highest BCUT2D eigenvalue weighted by Crippen LogP contribution is 2.37. The van der Waals surface area contributed by atoms with Gasteiger partial charge in [0.05, 0.1) is 11.9 Å². The third-order valence-corrected chi connectivity index (χ3v) is 3.62. The minimum absolute atomic E-state index is 0.198. The second-order valence-electron chi connectivity index (χ2n) is 5.24. The van der Waals surface area contributed by atoms with E-state index < -0.39 is 17.4 Å². The monoisotopic (exact) mass is 287 g/mol. The molecule has 21 heavy (non-hydrogen) atoms. The van der Waals surface area contributed by atoms with E-state index >= 15 is 0 Å². The Morgan fingerprint density at radius 1 is 1.24 bits per heavy atom. The van der Waals surface area contributed by atoms with E-state index in [9.17, 15) is 14.4 Å². The van der Waals surface area contributed by atoms with Crippen LogP contribution in [0.2, 0.25) is 0 Å². The second kappa shape index (κ2) is 4.73. The van der Waals surface area contributed by atoms with Crippen LogP contribution in [0, 0.1) is 0 Å². The Morgan fingerprint density at radius 2 is 1.95 bits per heavy atom. The molecule has 0 amide bonds. The highest BCUT2D eigenvalue weighted by Gasteiger charge is 2.26. The summed E-state index contributed by atoms with van der Waals surface area (Å²) in [5.41, 5.74) is 0.294. The zero-order valence-electron chi connectivity index (χ0n) is 11.1. The number of aromatic carboxylic acids is 1. The number of pyridine rings is 1. The topological polar surface area (TPSA) is 96.6 Å². The molecule has 1 aliphatic rings. The van der Waals surface area contributed by atoms with Gasteiger partial charge < -0.3 is 14.8 Å². The fraction of sp³-hybridized carbons (Fsp3) is 0.267. The molecule has 1 aliphatic carbocycles. The van der Waals surface area contributed by atoms with Crippen LogP contribution in [0.15, 0.2) is 29.2 Å². The van der Waals surface area contributed by atoms with Crippen molar-refractivity contribution in [3.63, 3.8) is 0 Å². The van der Waals surface area contributed by atoms with Gasteiger partial charge in [-0.25, -0.2) is 4.79 Å². The lowest BCUT2D eigenvalue weighted by molar-refractivity contribution is -0.136. The quantitative estimate of drug-likeness (QED) is 0.891. The van der Waals surface area contributed by atoms with E-state index in [1.54, 1.807) is 12.1 Å². The predicted molar refractivity (Wildman–Crippen MR) is 74.8 cm³/mol. The fourth-order valence-electron chi connectivity index (χ4n) is 2.49. The summed E-state index contributed by atoms with van der Waals surface area (Å²) in [6, 6.07) is 5.06. The van der Waals surface area contributed by atoms with Crippen molar-refractivity contribution in [2.24, 2.45) is 0 Å². The molecule has 108 valence electrons. The molecule has 0 unspecified atom stereocenters. The van der Waals surface area contributed by atoms with Crippen LogP contribution in [-0.2, 0) is 11.2 Å². The van der Waals surface area contributed by atoms with E-state index in [2.05, 4.69) is 0 Å². The van der Waals surface area contributed by atoms with E-state index in [1.165, 1.54) is 12.3 Å². The standard InChI is InChI=1S/C15H13NO5/c17-13(18)6-8-1-4-12-10(5-8)14(19)11(15(20)21)7-16(12)9-2-3-9/h1,4-5,7,9H,2-3,6H2,(H,17,18)(H,20,21). The molecular weight excluding hydrogens is 274 g/mol. The second-order valence-corrected chi connectivity index (χ2v) is 5.24. The van der Waals surface area contributed by atoms with Gasteiger partial charge in [0.25, 0.3) is 0 Å². The summed E-state index contributed by atoms with van der Waals surface area (Å²) in [5.74, 6) is -2.26. The highest BCUT2D eigenvalue weighted by atomic mass is 16.4. The predicted octanol–water partition coefficient (Wildman–Crippen LogP) is 1.66. The van der Waals surface area contributed by atoms with Gasteiger partial charge in [-0.2, -0.15) is 0 Å². The summed E-state index contributed by atoms with van der Waals surface area (Å²) in [5, 5.41) is 18.2. The van der Waals surface area contributed by atoms with Crippen molar-refractivity contribution in [2.75, 3.05) is 0 Å². The average molecular weight is 287 g/mol. The first-order chi connectivity index (χ1) is 9.97. The van der Waals surface area contributed by atoms with E-state index in [4.69, 9.17) is 10.2 Å². The zero-order valence-corrected chi connectivity index (χ0v) is 11.1. The van der Waals surface area contributed by atoms with Crippen molar-refractivity contribution in [2.45, 2.75) is 25.3 Å². The number of hydrogen-bond acceptors (Lipinski definition) is 3. The smallest absolute Gasteiger partial charge is 0.341 e. The third kappa shape index (κ3) is 2.40. The number of fused-ring (bicyclic) bond motifs is 1. The van der Waals surface area contributed by atoms with Crippen LogP contribution in [0.5, 0.6) is 0 Å². The Bertz CT molecular complexity index is 817. The van der Waals surface area contributed by atoms with Gasteiger partial charge in [-0.3, -0.25) is 9.59 Å². The lowest BCUT2D eigenvalue weighted by Crippen LogP contribution is -2.19. The van der Waals surface area contributed by atoms with Crippen LogP contribution in [-0.4, -0.2) is 26.7 Å². The number of nitrogens with zero attached hydrogens (tertiary/aromatic N) is 1. The molecule has 6 heteroatoms. The van der Waals surface area contributed by atoms with Crippen LogP contribution in [0.1, 0.15) is 34.8 Å². The molecule has 6 nitrogen and oxygen atoms in total. The molecule has 0 saturated heterocycles. The van der Waals surface area contributed by atoms with Crippen LogP contribution in [0.25, 0.3) is 10.9 Å². The van der Waals surface area contributed by atoms with Crippen LogP contribution < -0.4 is 5.43 Å². The summed E-state index contributed by atoms with van der Waals surface area (Å²) in [4.78, 5) is 34.3. The molecule has 1 aromatic heterocycles. The molecule has 2 N–H and O–H groups in total. The lowest BCUT2D eigenvalue weighted by atomic mass is 10.1. The Labute approximate surface area is 119 Å². The maximum atomic E-state index is 12.3. The Hall–Kier alpha value is -2.63. The Balaban J connectivity index is 2.28. The average Bonchev–Trinajstić information content (AvgIpc) is 3.23. The molecule has 0 spiro atoms. The number of carbonyl (C=O) groups is 2. The number of benzene rings is 1. The summed E-state index contributed by atoms with van der Waals surface area (Å²) >= 11 is 0. The molecule has 1 heterocycles. The van der Waals surface area contributed by atoms with Crippen molar-refractivity contribution in [1.82, 2.24) is 4.57 Å². The zero-order chi connectivity index (χ0) is 15.1. The summed E-state index contributed by atoms with van der Waals surface area (Å²) in [6.07, 6.45) is 3.10. The van der Waals surface area contributed by atoms with E-state index in [0.29, 0.717) is 11.1 Å². The molecule has 1 fully saturated rings. The van der Waals surface area contributed by atoms with Gasteiger partial charge >= 0.3 is 11.9 Å². The van der Waals surface area contributed by atoms with Crippen molar-refractivity contribution in [3.05, 3.63) is 45.7 Å². The number of aromatic nitrogens is 1. The largest absolute Gasteiger partial charge is 0.481 e. The van der Waals surface area contributed by atoms with Crippen LogP contribution >= 0.6 is 0 Å². The third-order valence-electron chi connectivity index (χ3n) is 3.62. The van der Waals surface area contributed by atoms with Gasteiger partial charge in [-0.1, -0.05) is 6.07 Å². The van der Waals surface area contributed by atoms with Crippen molar-refractivity contribution < 1.29 is 19.8 Å². The Morgan fingerprint density at radius 3 is 2.52 bits per heavy atom. The molecule has 2 aromatic rings. The van der Waals surface area contributed by atoms with Gasteiger partial charge in [-0.05, 0) is 30.5 Å². The van der Waals surface area contributed by atoms with E-state index in [0.717, 1.165) is 12.8 Å². The minimum Gasteiger partial charge on any atom is -0.481 e. The fourth-order valence-corrected chi connectivity index (χ4v) is 2.49. The van der Waals surface area contributed by atoms with Gasteiger partial charge in [0.2, 0.25) is 5.43 Å². The maximum absolute atomic E-state index is 12.3. The van der Waals surface area contributed by atoms with Crippen molar-refractivity contribution >= 4 is 22.8 Å². The molecule has 1 aromatic carbocycles. The Kier molecular flexibility index (Phi) is 3.01. The molecule has 0 radical (unpaired) electrons. The molecular formula is C15H13NO5. The number of aliphatic carboxylic acids is 1. The minimum atomic E-state index is -1.26. The number of hydrogen-bond donors (Lipinski definition) is 2. The first kappa shape index (κ1) is 13.4. The lowest BCUT2D eigenvalue weighted by Gasteiger charge is -2.12. The summed E-state index contributed by atoms with van der Waals surface area (Å²) in [6.45, 7) is 0. The first-order valence-corrected chi connectivity index (χ1v) is 6.60. The van der Waals surface area contributed by atoms with Gasteiger partial charge in [0, 0.05) is 17.6 Å². The number of carboxylic acids is 2. The highest BCUT2D eigenvalue weighted by molar-refractivity contribution is 5.93. The maximum Gasteiger partial charge on any atom is 0.341 e. The summed E-state index contributed by atoms with van der Waals surface area (Å²) in [7, 11) is 0. The first-order valence-electron chi connectivity index (χ1n) is 6.60. The molecule has 1 saturated carbocycles. The van der Waals surface area contributed by atoms with Crippen LogP contribution in [0.3, 0.4) is 0 Å². The van der Waals surface area contributed by atoms with E-state index in [-0.39, 0.29) is 23.4 Å². The summed E-state index contributed by atoms with van der Waals surface area (Å²) < 4.78 is 1.81.